The minimum Gasteiger partial charge on any atom is -0.368 e. The fraction of sp³-hybridized carbons (Fsp3) is 0.462. The summed E-state index contributed by atoms with van der Waals surface area (Å²) in [6.07, 6.45) is 2.50. The highest BCUT2D eigenvalue weighted by Gasteiger charge is 2.40. The number of anilines is 2. The zero-order valence-electron chi connectivity index (χ0n) is 20.3. The molecular formula is C26H32N4O4S. The average Bonchev–Trinajstić information content (AvgIpc) is 3.66. The van der Waals surface area contributed by atoms with Gasteiger partial charge in [-0.25, -0.2) is 8.42 Å². The van der Waals surface area contributed by atoms with E-state index in [9.17, 15) is 18.0 Å². The molecule has 0 unspecified atom stereocenters. The molecule has 1 atom stereocenters. The summed E-state index contributed by atoms with van der Waals surface area (Å²) < 4.78 is 27.7. The highest BCUT2D eigenvalue weighted by atomic mass is 32.2. The van der Waals surface area contributed by atoms with Crippen molar-refractivity contribution in [3.05, 3.63) is 54.1 Å². The first-order valence-electron chi connectivity index (χ1n) is 12.3. The van der Waals surface area contributed by atoms with Gasteiger partial charge in [-0.1, -0.05) is 18.2 Å². The van der Waals surface area contributed by atoms with Crippen LogP contribution in [0.1, 0.15) is 25.3 Å². The van der Waals surface area contributed by atoms with Crippen molar-refractivity contribution < 1.29 is 18.0 Å². The van der Waals surface area contributed by atoms with Crippen molar-refractivity contribution in [1.29, 1.82) is 0 Å². The maximum absolute atomic E-state index is 13.3. The summed E-state index contributed by atoms with van der Waals surface area (Å²) in [5, 5.41) is 0. The number of nitrogens with zero attached hydrogens (tertiary/aromatic N) is 4. The first-order valence-corrected chi connectivity index (χ1v) is 13.7. The van der Waals surface area contributed by atoms with Gasteiger partial charge in [0.25, 0.3) is 0 Å². The molecule has 2 aromatic carbocycles. The van der Waals surface area contributed by atoms with Crippen LogP contribution in [0.2, 0.25) is 0 Å². The quantitative estimate of drug-likeness (QED) is 0.613. The summed E-state index contributed by atoms with van der Waals surface area (Å²) in [7, 11) is -2.38. The summed E-state index contributed by atoms with van der Waals surface area (Å²) >= 11 is 0. The number of sulfonamides is 1. The van der Waals surface area contributed by atoms with E-state index >= 15 is 0 Å². The van der Waals surface area contributed by atoms with E-state index in [1.54, 1.807) is 23.1 Å². The van der Waals surface area contributed by atoms with E-state index < -0.39 is 10.0 Å². The third-order valence-corrected chi connectivity index (χ3v) is 9.05. The van der Waals surface area contributed by atoms with Crippen LogP contribution in [0.5, 0.6) is 0 Å². The van der Waals surface area contributed by atoms with Crippen molar-refractivity contribution in [3.8, 4) is 0 Å². The van der Waals surface area contributed by atoms with Gasteiger partial charge in [-0.3, -0.25) is 9.59 Å². The lowest BCUT2D eigenvalue weighted by Crippen LogP contribution is -2.51. The molecule has 35 heavy (non-hydrogen) atoms. The van der Waals surface area contributed by atoms with Gasteiger partial charge in [0.1, 0.15) is 0 Å². The SMILES string of the molecule is C[C@@H]1Cc2cc(S(=O)(=O)N(C)CC(=O)N3CCN(c4ccccc4)CC3)ccc2N1C(=O)C1CC1. The van der Waals surface area contributed by atoms with Crippen molar-refractivity contribution in [1.82, 2.24) is 9.21 Å². The molecule has 186 valence electrons. The van der Waals surface area contributed by atoms with Crippen molar-refractivity contribution in [2.24, 2.45) is 5.92 Å². The number of amides is 2. The number of rotatable bonds is 6. The van der Waals surface area contributed by atoms with E-state index in [2.05, 4.69) is 17.0 Å². The predicted octanol–water partition coefficient (Wildman–Crippen LogP) is 2.34. The molecular weight excluding hydrogens is 464 g/mol. The van der Waals surface area contributed by atoms with Crippen molar-refractivity contribution in [2.75, 3.05) is 49.6 Å². The Morgan fingerprint density at radius 2 is 1.69 bits per heavy atom. The molecule has 0 radical (unpaired) electrons. The molecule has 2 aromatic rings. The van der Waals surface area contributed by atoms with E-state index in [-0.39, 0.29) is 35.2 Å². The number of hydrogen-bond acceptors (Lipinski definition) is 5. The van der Waals surface area contributed by atoms with Crippen molar-refractivity contribution >= 4 is 33.2 Å². The number of fused-ring (bicyclic) bond motifs is 1. The van der Waals surface area contributed by atoms with Gasteiger partial charge in [0.15, 0.2) is 0 Å². The van der Waals surface area contributed by atoms with Gasteiger partial charge in [-0.05, 0) is 62.1 Å². The molecule has 0 aromatic heterocycles. The standard InChI is InChI=1S/C26H32N4O4S/c1-19-16-21-17-23(10-11-24(21)30(19)26(32)20-8-9-20)35(33,34)27(2)18-25(31)29-14-12-28(13-15-29)22-6-4-3-5-7-22/h3-7,10-11,17,19-20H,8-9,12-16,18H2,1-2H3/t19-/m1/s1. The Hall–Kier alpha value is -2.91. The topological polar surface area (TPSA) is 81.2 Å². The number of para-hydroxylation sites is 1. The lowest BCUT2D eigenvalue weighted by Gasteiger charge is -2.36. The van der Waals surface area contributed by atoms with Crippen molar-refractivity contribution in [2.45, 2.75) is 37.1 Å². The van der Waals surface area contributed by atoms with Gasteiger partial charge in [0.05, 0.1) is 11.4 Å². The Balaban J connectivity index is 1.23. The Labute approximate surface area is 207 Å². The first kappa shape index (κ1) is 23.8. The third-order valence-electron chi connectivity index (χ3n) is 7.25. The third kappa shape index (κ3) is 4.67. The maximum Gasteiger partial charge on any atom is 0.243 e. The Morgan fingerprint density at radius 3 is 2.34 bits per heavy atom. The predicted molar refractivity (Wildman–Crippen MR) is 135 cm³/mol. The van der Waals surface area contributed by atoms with Gasteiger partial charge >= 0.3 is 0 Å². The van der Waals surface area contributed by atoms with E-state index in [1.165, 1.54) is 7.05 Å². The molecule has 2 fully saturated rings. The minimum absolute atomic E-state index is 0.0184. The number of carbonyl (C=O) groups excluding carboxylic acids is 2. The van der Waals surface area contributed by atoms with Gasteiger partial charge in [0, 0.05) is 56.6 Å². The van der Waals surface area contributed by atoms with Crippen molar-refractivity contribution in [3.63, 3.8) is 0 Å². The second kappa shape index (κ2) is 9.28. The largest absolute Gasteiger partial charge is 0.368 e. The summed E-state index contributed by atoms with van der Waals surface area (Å²) in [6.45, 7) is 4.34. The lowest BCUT2D eigenvalue weighted by atomic mass is 10.1. The molecule has 1 saturated carbocycles. The zero-order valence-corrected chi connectivity index (χ0v) is 21.1. The Kier molecular flexibility index (Phi) is 6.31. The normalized spacial score (nSPS) is 20.3. The van der Waals surface area contributed by atoms with Gasteiger partial charge < -0.3 is 14.7 Å². The Bertz CT molecular complexity index is 1220. The Morgan fingerprint density at radius 1 is 1.00 bits per heavy atom. The second-order valence-corrected chi connectivity index (χ2v) is 11.8. The second-order valence-electron chi connectivity index (χ2n) is 9.79. The first-order chi connectivity index (χ1) is 16.8. The molecule has 0 bridgehead atoms. The summed E-state index contributed by atoms with van der Waals surface area (Å²) in [5.74, 6) is 0.0558. The summed E-state index contributed by atoms with van der Waals surface area (Å²) in [5.41, 5.74) is 2.80. The molecule has 1 aliphatic carbocycles. The average molecular weight is 497 g/mol. The molecule has 8 nitrogen and oxygen atoms in total. The molecule has 2 aliphatic heterocycles. The van der Waals surface area contributed by atoms with Gasteiger partial charge in [0.2, 0.25) is 21.8 Å². The molecule has 3 aliphatic rings. The molecule has 2 amide bonds. The van der Waals surface area contributed by atoms with Crippen LogP contribution >= 0.6 is 0 Å². The molecule has 5 rings (SSSR count). The van der Waals surface area contributed by atoms with Crippen LogP contribution in [-0.4, -0.2) is 75.3 Å². The van der Waals surface area contributed by atoms with Gasteiger partial charge in [-0.2, -0.15) is 4.31 Å². The van der Waals surface area contributed by atoms with E-state index in [0.29, 0.717) is 32.6 Å². The van der Waals surface area contributed by atoms with E-state index in [4.69, 9.17) is 0 Å². The van der Waals surface area contributed by atoms with Crippen LogP contribution in [-0.2, 0) is 26.0 Å². The van der Waals surface area contributed by atoms with Crippen LogP contribution in [0.15, 0.2) is 53.4 Å². The van der Waals surface area contributed by atoms with Crippen LogP contribution in [0.3, 0.4) is 0 Å². The number of carbonyl (C=O) groups is 2. The molecule has 1 saturated heterocycles. The highest BCUT2D eigenvalue weighted by molar-refractivity contribution is 7.89. The fourth-order valence-corrected chi connectivity index (χ4v) is 6.21. The fourth-order valence-electron chi connectivity index (χ4n) is 5.04. The number of piperazine rings is 1. The van der Waals surface area contributed by atoms with E-state index in [1.807, 2.05) is 30.0 Å². The maximum atomic E-state index is 13.3. The monoisotopic (exact) mass is 496 g/mol. The smallest absolute Gasteiger partial charge is 0.243 e. The van der Waals surface area contributed by atoms with Crippen LogP contribution in [0.4, 0.5) is 11.4 Å². The summed E-state index contributed by atoms with van der Waals surface area (Å²) in [6, 6.07) is 15.1. The van der Waals surface area contributed by atoms with Crippen LogP contribution < -0.4 is 9.80 Å². The van der Waals surface area contributed by atoms with Crippen LogP contribution in [0.25, 0.3) is 0 Å². The van der Waals surface area contributed by atoms with Gasteiger partial charge in [-0.15, -0.1) is 0 Å². The minimum atomic E-state index is -3.84. The molecule has 2 heterocycles. The summed E-state index contributed by atoms with van der Waals surface area (Å²) in [4.78, 5) is 31.6. The number of likely N-dealkylation sites (N-methyl/N-ethyl adjacent to an activating group) is 1. The zero-order chi connectivity index (χ0) is 24.7. The number of benzene rings is 2. The molecule has 0 N–H and O–H groups in total. The molecule has 0 spiro atoms. The highest BCUT2D eigenvalue weighted by Crippen LogP contribution is 2.39. The molecule has 9 heteroatoms. The lowest BCUT2D eigenvalue weighted by molar-refractivity contribution is -0.131. The number of hydrogen-bond donors (Lipinski definition) is 0. The van der Waals surface area contributed by atoms with Crippen LogP contribution in [0, 0.1) is 5.92 Å². The van der Waals surface area contributed by atoms with E-state index in [0.717, 1.165) is 34.1 Å².